The van der Waals surface area contributed by atoms with Crippen LogP contribution in [0.25, 0.3) is 0 Å². The van der Waals surface area contributed by atoms with Gasteiger partial charge in [-0.1, -0.05) is 29.3 Å². The maximum atomic E-state index is 10.6. The second-order valence-corrected chi connectivity index (χ2v) is 7.22. The van der Waals surface area contributed by atoms with Crippen molar-refractivity contribution in [3.8, 4) is 11.5 Å². The summed E-state index contributed by atoms with van der Waals surface area (Å²) in [5, 5.41) is 11.7. The SMILES string of the molecule is O[C@H](CN1CCN(c2ncc(Cl)cc2Cl)CC1)c1ccc2c(c1)OCO2. The zero-order valence-electron chi connectivity index (χ0n) is 14.1. The van der Waals surface area contributed by atoms with Crippen LogP contribution in [0.5, 0.6) is 11.5 Å². The number of ether oxygens (including phenoxy) is 2. The van der Waals surface area contributed by atoms with E-state index in [0.717, 1.165) is 43.3 Å². The zero-order valence-corrected chi connectivity index (χ0v) is 15.6. The molecule has 0 radical (unpaired) electrons. The highest BCUT2D eigenvalue weighted by molar-refractivity contribution is 6.36. The number of aliphatic hydroxyl groups is 1. The number of β-amino-alcohol motifs (C(OH)–C–C–N with tert-alkyl or cyclic N) is 1. The van der Waals surface area contributed by atoms with Gasteiger partial charge < -0.3 is 19.5 Å². The first kappa shape index (κ1) is 17.7. The minimum atomic E-state index is -0.576. The Labute approximate surface area is 161 Å². The summed E-state index contributed by atoms with van der Waals surface area (Å²) in [4.78, 5) is 8.71. The molecule has 6 nitrogen and oxygen atoms in total. The average Bonchev–Trinajstić information content (AvgIpc) is 3.10. The second-order valence-electron chi connectivity index (χ2n) is 6.38. The van der Waals surface area contributed by atoms with Crippen molar-refractivity contribution >= 4 is 29.0 Å². The number of aliphatic hydroxyl groups excluding tert-OH is 1. The van der Waals surface area contributed by atoms with E-state index in [1.807, 2.05) is 18.2 Å². The molecule has 0 bridgehead atoms. The fourth-order valence-corrected chi connectivity index (χ4v) is 3.75. The highest BCUT2D eigenvalue weighted by Crippen LogP contribution is 2.34. The van der Waals surface area contributed by atoms with Crippen LogP contribution >= 0.6 is 23.2 Å². The Morgan fingerprint density at radius 2 is 1.85 bits per heavy atom. The van der Waals surface area contributed by atoms with Gasteiger partial charge in [0.1, 0.15) is 5.82 Å². The third kappa shape index (κ3) is 3.69. The molecule has 26 heavy (non-hydrogen) atoms. The molecular formula is C18H19Cl2N3O3. The molecule has 0 amide bonds. The standard InChI is InChI=1S/C18H19Cl2N3O3/c19-13-8-14(20)18(21-9-13)23-5-3-22(4-6-23)10-15(24)12-1-2-16-17(7-12)26-11-25-16/h1-2,7-9,15,24H,3-6,10-11H2/t15-/m1/s1. The molecule has 2 aliphatic rings. The molecule has 2 aliphatic heterocycles. The third-order valence-corrected chi connectivity index (χ3v) is 5.16. The van der Waals surface area contributed by atoms with Crippen molar-refractivity contribution in [3.05, 3.63) is 46.1 Å². The molecule has 1 aromatic heterocycles. The number of fused-ring (bicyclic) bond motifs is 1. The number of hydrogen-bond donors (Lipinski definition) is 1. The first-order valence-electron chi connectivity index (χ1n) is 8.46. The summed E-state index contributed by atoms with van der Waals surface area (Å²) < 4.78 is 10.7. The number of rotatable bonds is 4. The molecule has 1 atom stereocenters. The number of halogens is 2. The van der Waals surface area contributed by atoms with Gasteiger partial charge >= 0.3 is 0 Å². The average molecular weight is 396 g/mol. The van der Waals surface area contributed by atoms with Gasteiger partial charge in [0.05, 0.1) is 16.1 Å². The number of anilines is 1. The van der Waals surface area contributed by atoms with Crippen molar-refractivity contribution in [1.29, 1.82) is 0 Å². The van der Waals surface area contributed by atoms with Crippen LogP contribution in [-0.2, 0) is 0 Å². The fraction of sp³-hybridized carbons (Fsp3) is 0.389. The molecule has 0 saturated carbocycles. The maximum absolute atomic E-state index is 10.6. The lowest BCUT2D eigenvalue weighted by molar-refractivity contribution is 0.109. The molecule has 3 heterocycles. The lowest BCUT2D eigenvalue weighted by atomic mass is 10.1. The number of pyridine rings is 1. The molecule has 0 aliphatic carbocycles. The van der Waals surface area contributed by atoms with E-state index in [4.69, 9.17) is 32.7 Å². The summed E-state index contributed by atoms with van der Waals surface area (Å²) in [6, 6.07) is 7.28. The van der Waals surface area contributed by atoms with E-state index in [-0.39, 0.29) is 6.79 Å². The van der Waals surface area contributed by atoms with Crippen molar-refractivity contribution < 1.29 is 14.6 Å². The number of benzene rings is 1. The largest absolute Gasteiger partial charge is 0.454 e. The lowest BCUT2D eigenvalue weighted by Gasteiger charge is -2.36. The Morgan fingerprint density at radius 1 is 1.08 bits per heavy atom. The van der Waals surface area contributed by atoms with Crippen molar-refractivity contribution in [2.75, 3.05) is 44.4 Å². The topological polar surface area (TPSA) is 58.1 Å². The van der Waals surface area contributed by atoms with Crippen LogP contribution in [0.3, 0.4) is 0 Å². The van der Waals surface area contributed by atoms with E-state index in [9.17, 15) is 5.11 Å². The smallest absolute Gasteiger partial charge is 0.231 e. The minimum Gasteiger partial charge on any atom is -0.454 e. The molecule has 2 aromatic rings. The van der Waals surface area contributed by atoms with Crippen molar-refractivity contribution in [2.45, 2.75) is 6.10 Å². The van der Waals surface area contributed by atoms with Crippen LogP contribution in [0.4, 0.5) is 5.82 Å². The molecule has 1 aromatic carbocycles. The second kappa shape index (κ2) is 7.48. The summed E-state index contributed by atoms with van der Waals surface area (Å²) in [6.07, 6.45) is 1.03. The molecule has 4 rings (SSSR count). The molecular weight excluding hydrogens is 377 g/mol. The van der Waals surface area contributed by atoms with Crippen LogP contribution in [0.1, 0.15) is 11.7 Å². The Hall–Kier alpha value is -1.73. The lowest BCUT2D eigenvalue weighted by Crippen LogP contribution is -2.47. The van der Waals surface area contributed by atoms with Gasteiger partial charge in [-0.3, -0.25) is 4.90 Å². The van der Waals surface area contributed by atoms with Crippen molar-refractivity contribution in [3.63, 3.8) is 0 Å². The van der Waals surface area contributed by atoms with Gasteiger partial charge in [0.15, 0.2) is 11.5 Å². The molecule has 1 saturated heterocycles. The summed E-state index contributed by atoms with van der Waals surface area (Å²) in [5.41, 5.74) is 0.832. The first-order chi connectivity index (χ1) is 12.6. The highest BCUT2D eigenvalue weighted by atomic mass is 35.5. The van der Waals surface area contributed by atoms with E-state index in [1.54, 1.807) is 12.3 Å². The van der Waals surface area contributed by atoms with E-state index < -0.39 is 6.10 Å². The molecule has 1 N–H and O–H groups in total. The monoisotopic (exact) mass is 395 g/mol. The van der Waals surface area contributed by atoms with Gasteiger partial charge in [-0.25, -0.2) is 4.98 Å². The quantitative estimate of drug-likeness (QED) is 0.858. The zero-order chi connectivity index (χ0) is 18.1. The summed E-state index contributed by atoms with van der Waals surface area (Å²) in [6.45, 7) is 4.03. The van der Waals surface area contributed by atoms with Gasteiger partial charge in [0, 0.05) is 38.9 Å². The third-order valence-electron chi connectivity index (χ3n) is 4.67. The van der Waals surface area contributed by atoms with E-state index in [2.05, 4.69) is 14.8 Å². The van der Waals surface area contributed by atoms with Gasteiger partial charge in [0.25, 0.3) is 0 Å². The van der Waals surface area contributed by atoms with E-state index in [1.165, 1.54) is 0 Å². The molecule has 8 heteroatoms. The molecule has 1 fully saturated rings. The van der Waals surface area contributed by atoms with Crippen molar-refractivity contribution in [1.82, 2.24) is 9.88 Å². The van der Waals surface area contributed by atoms with Crippen LogP contribution in [-0.4, -0.2) is 54.5 Å². The predicted molar refractivity (Wildman–Crippen MR) is 100 cm³/mol. The Balaban J connectivity index is 1.35. The highest BCUT2D eigenvalue weighted by Gasteiger charge is 2.23. The van der Waals surface area contributed by atoms with Crippen LogP contribution < -0.4 is 14.4 Å². The van der Waals surface area contributed by atoms with E-state index in [0.29, 0.717) is 22.3 Å². The summed E-state index contributed by atoms with van der Waals surface area (Å²) >= 11 is 12.2. The molecule has 138 valence electrons. The van der Waals surface area contributed by atoms with E-state index >= 15 is 0 Å². The van der Waals surface area contributed by atoms with Crippen LogP contribution in [0.15, 0.2) is 30.5 Å². The van der Waals surface area contributed by atoms with Gasteiger partial charge in [-0.2, -0.15) is 0 Å². The van der Waals surface area contributed by atoms with Gasteiger partial charge in [-0.05, 0) is 23.8 Å². The minimum absolute atomic E-state index is 0.234. The van der Waals surface area contributed by atoms with Gasteiger partial charge in [-0.15, -0.1) is 0 Å². The summed E-state index contributed by atoms with van der Waals surface area (Å²) in [5.74, 6) is 2.17. The molecule has 0 spiro atoms. The van der Waals surface area contributed by atoms with Crippen molar-refractivity contribution in [2.24, 2.45) is 0 Å². The Bertz CT molecular complexity index is 797. The van der Waals surface area contributed by atoms with Gasteiger partial charge in [0.2, 0.25) is 6.79 Å². The first-order valence-corrected chi connectivity index (χ1v) is 9.22. The predicted octanol–water partition coefficient (Wildman–Crippen LogP) is 2.97. The number of nitrogens with zero attached hydrogens (tertiary/aromatic N) is 3. The van der Waals surface area contributed by atoms with Crippen LogP contribution in [0, 0.1) is 0 Å². The summed E-state index contributed by atoms with van der Waals surface area (Å²) in [7, 11) is 0. The number of piperazine rings is 1. The Kier molecular flexibility index (Phi) is 5.09. The number of aromatic nitrogens is 1. The van der Waals surface area contributed by atoms with Crippen LogP contribution in [0.2, 0.25) is 10.0 Å². The maximum Gasteiger partial charge on any atom is 0.231 e. The molecule has 0 unspecified atom stereocenters. The normalized spacial score (nSPS) is 18.2. The fourth-order valence-electron chi connectivity index (χ4n) is 3.25. The number of hydrogen-bond acceptors (Lipinski definition) is 6. The Morgan fingerprint density at radius 3 is 2.62 bits per heavy atom.